The molecule has 0 aliphatic rings. The van der Waals surface area contributed by atoms with Crippen LogP contribution in [0, 0.1) is 0 Å². The number of aliphatic hydroxyl groups is 4. The molecular formula is C7H10O8. The van der Waals surface area contributed by atoms with Crippen LogP contribution in [0.15, 0.2) is 0 Å². The first-order valence-electron chi connectivity index (χ1n) is 3.77. The second-order valence-electron chi connectivity index (χ2n) is 2.73. The minimum atomic E-state index is -2.37. The van der Waals surface area contributed by atoms with E-state index in [1.165, 1.54) is 0 Å². The van der Waals surface area contributed by atoms with Crippen molar-refractivity contribution in [1.29, 1.82) is 0 Å². The van der Waals surface area contributed by atoms with E-state index >= 15 is 0 Å². The Bertz CT molecular complexity index is 262. The van der Waals surface area contributed by atoms with E-state index in [1.807, 2.05) is 0 Å². The minimum Gasteiger partial charge on any atom is -0.479 e. The zero-order valence-corrected chi connectivity index (χ0v) is 7.35. The van der Waals surface area contributed by atoms with Gasteiger partial charge in [0.25, 0.3) is 0 Å². The molecule has 15 heavy (non-hydrogen) atoms. The van der Waals surface area contributed by atoms with Crippen LogP contribution in [0.5, 0.6) is 0 Å². The number of hydrogen-bond donors (Lipinski definition) is 5. The van der Waals surface area contributed by atoms with Crippen LogP contribution in [0.2, 0.25) is 0 Å². The molecule has 0 unspecified atom stereocenters. The van der Waals surface area contributed by atoms with Gasteiger partial charge in [0.15, 0.2) is 12.4 Å². The molecule has 5 N–H and O–H groups in total. The summed E-state index contributed by atoms with van der Waals surface area (Å²) in [6, 6.07) is 0. The third-order valence-corrected chi connectivity index (χ3v) is 1.66. The SMILES string of the molecule is O=CC(=O)[C@H](O)[C@@H](O)[C@H](O)[C@H](O)C(=O)O. The molecule has 0 amide bonds. The number of aliphatic carboxylic acids is 1. The number of aliphatic hydroxyl groups excluding tert-OH is 4. The van der Waals surface area contributed by atoms with Gasteiger partial charge in [-0.2, -0.15) is 0 Å². The van der Waals surface area contributed by atoms with Crippen molar-refractivity contribution in [3.8, 4) is 0 Å². The van der Waals surface area contributed by atoms with E-state index in [2.05, 4.69) is 0 Å². The number of Topliss-reactive ketones (excluding diaryl/α,β-unsaturated/α-hetero) is 1. The van der Waals surface area contributed by atoms with Crippen LogP contribution in [-0.4, -0.2) is 68.0 Å². The molecule has 0 saturated carbocycles. The highest BCUT2D eigenvalue weighted by Gasteiger charge is 2.36. The molecule has 8 heteroatoms. The van der Waals surface area contributed by atoms with Gasteiger partial charge in [0.1, 0.15) is 18.3 Å². The molecule has 0 aromatic heterocycles. The summed E-state index contributed by atoms with van der Waals surface area (Å²) >= 11 is 0. The van der Waals surface area contributed by atoms with Crippen LogP contribution in [-0.2, 0) is 14.4 Å². The van der Waals surface area contributed by atoms with Gasteiger partial charge >= 0.3 is 5.97 Å². The molecule has 0 rings (SSSR count). The first-order chi connectivity index (χ1) is 6.82. The Hall–Kier alpha value is -1.35. The van der Waals surface area contributed by atoms with Gasteiger partial charge < -0.3 is 25.5 Å². The smallest absolute Gasteiger partial charge is 0.335 e. The van der Waals surface area contributed by atoms with Crippen LogP contribution in [0.4, 0.5) is 0 Å². The normalized spacial score (nSPS) is 18.7. The van der Waals surface area contributed by atoms with Crippen LogP contribution in [0.3, 0.4) is 0 Å². The lowest BCUT2D eigenvalue weighted by atomic mass is 10.0. The molecule has 0 aromatic rings. The number of carbonyl (C=O) groups is 3. The Labute approximate surface area is 83.4 Å². The van der Waals surface area contributed by atoms with Crippen molar-refractivity contribution in [3.05, 3.63) is 0 Å². The van der Waals surface area contributed by atoms with E-state index in [-0.39, 0.29) is 6.29 Å². The number of carbonyl (C=O) groups excluding carboxylic acids is 2. The third-order valence-electron chi connectivity index (χ3n) is 1.66. The van der Waals surface area contributed by atoms with Gasteiger partial charge in [-0.3, -0.25) is 9.59 Å². The predicted octanol–water partition coefficient (Wildman–Crippen LogP) is -3.72. The van der Waals surface area contributed by atoms with E-state index in [0.717, 1.165) is 0 Å². The van der Waals surface area contributed by atoms with Crippen LogP contribution >= 0.6 is 0 Å². The lowest BCUT2D eigenvalue weighted by molar-refractivity contribution is -0.165. The largest absolute Gasteiger partial charge is 0.479 e. The zero-order valence-electron chi connectivity index (χ0n) is 7.35. The second kappa shape index (κ2) is 5.51. The summed E-state index contributed by atoms with van der Waals surface area (Å²) in [6.07, 6.45) is -9.47. The molecule has 0 aromatic carbocycles. The van der Waals surface area contributed by atoms with Crippen molar-refractivity contribution >= 4 is 18.0 Å². The zero-order chi connectivity index (χ0) is 12.2. The Kier molecular flexibility index (Phi) is 5.02. The van der Waals surface area contributed by atoms with Gasteiger partial charge in [0.2, 0.25) is 5.78 Å². The summed E-state index contributed by atoms with van der Waals surface area (Å²) in [5.41, 5.74) is 0. The monoisotopic (exact) mass is 222 g/mol. The van der Waals surface area contributed by atoms with Gasteiger partial charge in [-0.15, -0.1) is 0 Å². The summed E-state index contributed by atoms with van der Waals surface area (Å²) in [5.74, 6) is -3.27. The van der Waals surface area contributed by atoms with Crippen LogP contribution in [0.25, 0.3) is 0 Å². The second-order valence-corrected chi connectivity index (χ2v) is 2.73. The van der Waals surface area contributed by atoms with E-state index in [4.69, 9.17) is 25.5 Å². The molecule has 4 atom stereocenters. The average Bonchev–Trinajstić information content (AvgIpc) is 2.23. The number of hydrogen-bond acceptors (Lipinski definition) is 7. The molecule has 0 radical (unpaired) electrons. The minimum absolute atomic E-state index is 0.298. The van der Waals surface area contributed by atoms with E-state index in [9.17, 15) is 14.4 Å². The summed E-state index contributed by atoms with van der Waals surface area (Å²) in [6.45, 7) is 0. The molecule has 0 spiro atoms. The van der Waals surface area contributed by atoms with Crippen molar-refractivity contribution in [3.63, 3.8) is 0 Å². The highest BCUT2D eigenvalue weighted by molar-refractivity contribution is 6.27. The fourth-order valence-corrected chi connectivity index (χ4v) is 0.758. The first kappa shape index (κ1) is 13.7. The molecule has 0 aliphatic carbocycles. The molecule has 0 saturated heterocycles. The topological polar surface area (TPSA) is 152 Å². The third kappa shape index (κ3) is 3.36. The van der Waals surface area contributed by atoms with Gasteiger partial charge in [-0.25, -0.2) is 4.79 Å². The highest BCUT2D eigenvalue weighted by atomic mass is 16.4. The average molecular weight is 222 g/mol. The van der Waals surface area contributed by atoms with Gasteiger partial charge in [0.05, 0.1) is 0 Å². The van der Waals surface area contributed by atoms with E-state index in [1.54, 1.807) is 0 Å². The Morgan fingerprint density at radius 3 is 1.67 bits per heavy atom. The molecule has 86 valence electrons. The number of aldehydes is 1. The molecule has 0 bridgehead atoms. The molecular weight excluding hydrogens is 212 g/mol. The maximum atomic E-state index is 10.5. The van der Waals surface area contributed by atoms with Crippen molar-refractivity contribution in [1.82, 2.24) is 0 Å². The van der Waals surface area contributed by atoms with Crippen molar-refractivity contribution in [2.45, 2.75) is 24.4 Å². The Morgan fingerprint density at radius 1 is 0.933 bits per heavy atom. The summed E-state index contributed by atoms with van der Waals surface area (Å²) in [4.78, 5) is 30.6. The van der Waals surface area contributed by atoms with Gasteiger partial charge in [-0.05, 0) is 0 Å². The quantitative estimate of drug-likeness (QED) is 0.227. The molecule has 0 heterocycles. The summed E-state index contributed by atoms with van der Waals surface area (Å²) < 4.78 is 0. The Morgan fingerprint density at radius 2 is 1.33 bits per heavy atom. The first-order valence-corrected chi connectivity index (χ1v) is 3.77. The number of carboxylic acid groups (broad SMARTS) is 1. The summed E-state index contributed by atoms with van der Waals surface area (Å²) in [7, 11) is 0. The highest BCUT2D eigenvalue weighted by Crippen LogP contribution is 2.05. The predicted molar refractivity (Wildman–Crippen MR) is 42.7 cm³/mol. The standard InChI is InChI=1S/C7H10O8/c8-1-2(9)3(10)4(11)5(12)6(13)7(14)15/h1,3-6,10-13H,(H,14,15)/t3-,4+,5-,6-/m0/s1. The lowest BCUT2D eigenvalue weighted by Gasteiger charge is -2.22. The van der Waals surface area contributed by atoms with Gasteiger partial charge in [-0.1, -0.05) is 0 Å². The fourth-order valence-electron chi connectivity index (χ4n) is 0.758. The van der Waals surface area contributed by atoms with E-state index < -0.39 is 36.2 Å². The molecule has 8 nitrogen and oxygen atoms in total. The van der Waals surface area contributed by atoms with Crippen molar-refractivity contribution in [2.75, 3.05) is 0 Å². The fraction of sp³-hybridized carbons (Fsp3) is 0.571. The maximum absolute atomic E-state index is 10.5. The summed E-state index contributed by atoms with van der Waals surface area (Å²) in [5, 5.41) is 43.8. The number of ketones is 1. The number of rotatable bonds is 6. The molecule has 0 fully saturated rings. The number of carboxylic acids is 1. The van der Waals surface area contributed by atoms with Gasteiger partial charge in [0, 0.05) is 0 Å². The lowest BCUT2D eigenvalue weighted by Crippen LogP contribution is -2.50. The van der Waals surface area contributed by atoms with Crippen LogP contribution in [0.1, 0.15) is 0 Å². The maximum Gasteiger partial charge on any atom is 0.335 e. The van der Waals surface area contributed by atoms with E-state index in [0.29, 0.717) is 0 Å². The van der Waals surface area contributed by atoms with Crippen LogP contribution < -0.4 is 0 Å². The van der Waals surface area contributed by atoms with Crippen molar-refractivity contribution in [2.24, 2.45) is 0 Å². The van der Waals surface area contributed by atoms with Crippen molar-refractivity contribution < 1.29 is 39.9 Å². The Balaban J connectivity index is 4.56. The molecule has 0 aliphatic heterocycles.